The maximum atomic E-state index is 12.9. The third-order valence-corrected chi connectivity index (χ3v) is 4.98. The molecule has 0 aromatic heterocycles. The fourth-order valence-electron chi connectivity index (χ4n) is 3.65. The molecule has 0 spiro atoms. The van der Waals surface area contributed by atoms with E-state index in [1.165, 1.54) is 23.8 Å². The number of carbonyl (C=O) groups excluding carboxylic acids is 1. The summed E-state index contributed by atoms with van der Waals surface area (Å²) in [5, 5.41) is 0. The van der Waals surface area contributed by atoms with Gasteiger partial charge in [-0.2, -0.15) is 13.2 Å². The SMILES string of the molecule is O=C1C(CN2CCCCCC2)CCN1c1cccc(C(F)(F)F)c1. The number of alkyl halides is 3. The van der Waals surface area contributed by atoms with Crippen LogP contribution in [0.25, 0.3) is 0 Å². The summed E-state index contributed by atoms with van der Waals surface area (Å²) in [5.74, 6) is -0.142. The normalized spacial score (nSPS) is 23.5. The number of rotatable bonds is 3. The van der Waals surface area contributed by atoms with E-state index in [1.54, 1.807) is 6.07 Å². The van der Waals surface area contributed by atoms with E-state index in [0.29, 0.717) is 18.7 Å². The largest absolute Gasteiger partial charge is 0.416 e. The second-order valence-electron chi connectivity index (χ2n) is 6.74. The molecule has 2 fully saturated rings. The van der Waals surface area contributed by atoms with E-state index >= 15 is 0 Å². The third kappa shape index (κ3) is 3.91. The summed E-state index contributed by atoms with van der Waals surface area (Å²) in [6.45, 7) is 3.27. The predicted octanol–water partition coefficient (Wildman–Crippen LogP) is 3.93. The zero-order chi connectivity index (χ0) is 17.2. The Hall–Kier alpha value is -1.56. The number of benzene rings is 1. The Kier molecular flexibility index (Phi) is 5.13. The molecule has 3 nitrogen and oxygen atoms in total. The highest BCUT2D eigenvalue weighted by Gasteiger charge is 2.35. The van der Waals surface area contributed by atoms with Gasteiger partial charge in [-0.1, -0.05) is 18.9 Å². The number of anilines is 1. The first-order valence-electron chi connectivity index (χ1n) is 8.66. The summed E-state index contributed by atoms with van der Waals surface area (Å²) in [5.41, 5.74) is -0.350. The van der Waals surface area contributed by atoms with Crippen molar-refractivity contribution in [3.05, 3.63) is 29.8 Å². The van der Waals surface area contributed by atoms with Crippen molar-refractivity contribution in [2.24, 2.45) is 5.92 Å². The van der Waals surface area contributed by atoms with Crippen LogP contribution in [0.1, 0.15) is 37.7 Å². The molecule has 3 rings (SSSR count). The van der Waals surface area contributed by atoms with Gasteiger partial charge >= 0.3 is 6.18 Å². The van der Waals surface area contributed by atoms with Crippen LogP contribution in [0.2, 0.25) is 0 Å². The summed E-state index contributed by atoms with van der Waals surface area (Å²) in [4.78, 5) is 16.5. The second kappa shape index (κ2) is 7.13. The highest BCUT2D eigenvalue weighted by Crippen LogP contribution is 2.33. The summed E-state index contributed by atoms with van der Waals surface area (Å²) >= 11 is 0. The molecule has 1 amide bonds. The molecule has 1 unspecified atom stereocenters. The van der Waals surface area contributed by atoms with E-state index < -0.39 is 11.7 Å². The van der Waals surface area contributed by atoms with Gasteiger partial charge in [-0.05, 0) is 50.6 Å². The first-order valence-corrected chi connectivity index (χ1v) is 8.66. The van der Waals surface area contributed by atoms with Crippen molar-refractivity contribution in [1.29, 1.82) is 0 Å². The molecule has 24 heavy (non-hydrogen) atoms. The lowest BCUT2D eigenvalue weighted by Crippen LogP contribution is -2.35. The zero-order valence-electron chi connectivity index (χ0n) is 13.7. The van der Waals surface area contributed by atoms with Crippen molar-refractivity contribution in [2.75, 3.05) is 31.1 Å². The van der Waals surface area contributed by atoms with Crippen LogP contribution in [0.4, 0.5) is 18.9 Å². The maximum Gasteiger partial charge on any atom is 0.416 e. The molecule has 0 saturated carbocycles. The Balaban J connectivity index is 1.67. The maximum absolute atomic E-state index is 12.9. The van der Waals surface area contributed by atoms with Gasteiger partial charge < -0.3 is 9.80 Å². The molecular formula is C18H23F3N2O. The Labute approximate surface area is 140 Å². The molecule has 6 heteroatoms. The van der Waals surface area contributed by atoms with Crippen LogP contribution in [-0.2, 0) is 11.0 Å². The number of halogens is 3. The highest BCUT2D eigenvalue weighted by atomic mass is 19.4. The minimum atomic E-state index is -4.38. The first kappa shape index (κ1) is 17.3. The lowest BCUT2D eigenvalue weighted by molar-refractivity contribution is -0.137. The number of likely N-dealkylation sites (tertiary alicyclic amines) is 1. The lowest BCUT2D eigenvalue weighted by Gasteiger charge is -2.23. The van der Waals surface area contributed by atoms with Gasteiger partial charge in [0.25, 0.3) is 0 Å². The first-order chi connectivity index (χ1) is 11.4. The smallest absolute Gasteiger partial charge is 0.312 e. The van der Waals surface area contributed by atoms with E-state index in [0.717, 1.165) is 44.6 Å². The third-order valence-electron chi connectivity index (χ3n) is 4.98. The Morgan fingerprint density at radius 2 is 1.75 bits per heavy atom. The minimum Gasteiger partial charge on any atom is -0.312 e. The summed E-state index contributed by atoms with van der Waals surface area (Å²) < 4.78 is 38.6. The molecule has 1 aromatic carbocycles. The second-order valence-corrected chi connectivity index (χ2v) is 6.74. The average Bonchev–Trinajstić information content (AvgIpc) is 2.75. The molecule has 0 bridgehead atoms. The molecule has 2 saturated heterocycles. The number of hydrogen-bond donors (Lipinski definition) is 0. The van der Waals surface area contributed by atoms with E-state index in [9.17, 15) is 18.0 Å². The van der Waals surface area contributed by atoms with Gasteiger partial charge in [0.2, 0.25) is 5.91 Å². The van der Waals surface area contributed by atoms with Gasteiger partial charge in [-0.25, -0.2) is 0 Å². The Morgan fingerprint density at radius 1 is 1.04 bits per heavy atom. The van der Waals surface area contributed by atoms with Crippen LogP contribution in [0.5, 0.6) is 0 Å². The van der Waals surface area contributed by atoms with Crippen LogP contribution in [0.15, 0.2) is 24.3 Å². The minimum absolute atomic E-state index is 0.0430. The van der Waals surface area contributed by atoms with Gasteiger partial charge in [0.15, 0.2) is 0 Å². The number of amides is 1. The lowest BCUT2D eigenvalue weighted by atomic mass is 10.1. The number of nitrogens with zero attached hydrogens (tertiary/aromatic N) is 2. The molecule has 2 aliphatic rings. The number of carbonyl (C=O) groups is 1. The molecule has 0 N–H and O–H groups in total. The van der Waals surface area contributed by atoms with Gasteiger partial charge in [-0.15, -0.1) is 0 Å². The van der Waals surface area contributed by atoms with Crippen molar-refractivity contribution in [3.8, 4) is 0 Å². The van der Waals surface area contributed by atoms with Crippen LogP contribution < -0.4 is 4.90 Å². The number of hydrogen-bond acceptors (Lipinski definition) is 2. The van der Waals surface area contributed by atoms with E-state index in [-0.39, 0.29) is 11.8 Å². The topological polar surface area (TPSA) is 23.6 Å². The van der Waals surface area contributed by atoms with E-state index in [2.05, 4.69) is 4.90 Å². The van der Waals surface area contributed by atoms with E-state index in [1.807, 2.05) is 0 Å². The fraction of sp³-hybridized carbons (Fsp3) is 0.611. The van der Waals surface area contributed by atoms with Crippen LogP contribution in [-0.4, -0.2) is 37.0 Å². The highest BCUT2D eigenvalue weighted by molar-refractivity contribution is 5.97. The predicted molar refractivity (Wildman–Crippen MR) is 86.8 cm³/mol. The molecule has 0 aliphatic carbocycles. The standard InChI is InChI=1S/C18H23F3N2O/c19-18(20,21)15-6-5-7-16(12-15)23-11-8-14(17(23)24)13-22-9-3-1-2-4-10-22/h5-7,12,14H,1-4,8-11,13H2. The zero-order valence-corrected chi connectivity index (χ0v) is 13.7. The van der Waals surface area contributed by atoms with Gasteiger partial charge in [0.05, 0.1) is 11.5 Å². The van der Waals surface area contributed by atoms with E-state index in [4.69, 9.17) is 0 Å². The molecule has 2 heterocycles. The summed E-state index contributed by atoms with van der Waals surface area (Å²) in [7, 11) is 0. The molecule has 1 aromatic rings. The molecule has 132 valence electrons. The fourth-order valence-corrected chi connectivity index (χ4v) is 3.65. The monoisotopic (exact) mass is 340 g/mol. The molecule has 0 radical (unpaired) electrons. The molecule has 2 aliphatic heterocycles. The molecule has 1 atom stereocenters. The van der Waals surface area contributed by atoms with Crippen molar-refractivity contribution < 1.29 is 18.0 Å². The average molecular weight is 340 g/mol. The van der Waals surface area contributed by atoms with Gasteiger partial charge in [-0.3, -0.25) is 4.79 Å². The van der Waals surface area contributed by atoms with Crippen LogP contribution >= 0.6 is 0 Å². The van der Waals surface area contributed by atoms with Crippen LogP contribution in [0.3, 0.4) is 0 Å². The van der Waals surface area contributed by atoms with Gasteiger partial charge in [0.1, 0.15) is 0 Å². The Morgan fingerprint density at radius 3 is 2.42 bits per heavy atom. The van der Waals surface area contributed by atoms with Crippen molar-refractivity contribution in [1.82, 2.24) is 4.90 Å². The summed E-state index contributed by atoms with van der Waals surface area (Å²) in [6, 6.07) is 5.07. The van der Waals surface area contributed by atoms with Gasteiger partial charge in [0, 0.05) is 18.8 Å². The van der Waals surface area contributed by atoms with Crippen molar-refractivity contribution in [2.45, 2.75) is 38.3 Å². The Bertz CT molecular complexity index is 580. The quantitative estimate of drug-likeness (QED) is 0.832. The molecular weight excluding hydrogens is 317 g/mol. The van der Waals surface area contributed by atoms with Crippen molar-refractivity contribution >= 4 is 11.6 Å². The summed E-state index contributed by atoms with van der Waals surface area (Å²) in [6.07, 6.45) is 1.14. The van der Waals surface area contributed by atoms with Crippen LogP contribution in [0, 0.1) is 5.92 Å². The van der Waals surface area contributed by atoms with Crippen molar-refractivity contribution in [3.63, 3.8) is 0 Å².